The summed E-state index contributed by atoms with van der Waals surface area (Å²) in [6, 6.07) is 12.5. The van der Waals surface area contributed by atoms with Gasteiger partial charge in [0.05, 0.1) is 10.2 Å². The molecule has 0 atom stereocenters. The third-order valence-electron chi connectivity index (χ3n) is 4.25. The molecule has 134 valence electrons. The number of nitrogens with zero attached hydrogens (tertiary/aromatic N) is 2. The van der Waals surface area contributed by atoms with Crippen LogP contribution in [0.4, 0.5) is 0 Å². The first-order valence-electron chi connectivity index (χ1n) is 8.96. The molecule has 0 unspecified atom stereocenters. The summed E-state index contributed by atoms with van der Waals surface area (Å²) in [4.78, 5) is 9.30. The molecule has 1 aliphatic carbocycles. The van der Waals surface area contributed by atoms with Crippen molar-refractivity contribution in [2.24, 2.45) is 4.99 Å². The van der Waals surface area contributed by atoms with Crippen molar-refractivity contribution in [1.82, 2.24) is 15.6 Å². The highest BCUT2D eigenvalue weighted by Gasteiger charge is 2.13. The molecule has 1 aliphatic rings. The second kappa shape index (κ2) is 7.74. The number of aromatic nitrogens is 1. The van der Waals surface area contributed by atoms with E-state index in [9.17, 15) is 0 Å². The first-order valence-corrected chi connectivity index (χ1v) is 9.78. The summed E-state index contributed by atoms with van der Waals surface area (Å²) in [6.45, 7) is 3.41. The van der Waals surface area contributed by atoms with Crippen molar-refractivity contribution >= 4 is 27.5 Å². The number of thiazole rings is 1. The van der Waals surface area contributed by atoms with Gasteiger partial charge in [0, 0.05) is 12.6 Å². The molecule has 2 heterocycles. The van der Waals surface area contributed by atoms with Crippen LogP contribution < -0.4 is 10.6 Å². The molecule has 2 aromatic heterocycles. The van der Waals surface area contributed by atoms with Crippen molar-refractivity contribution in [2.75, 3.05) is 6.54 Å². The first kappa shape index (κ1) is 16.8. The number of guanidine groups is 1. The van der Waals surface area contributed by atoms with Crippen molar-refractivity contribution < 1.29 is 4.42 Å². The quantitative estimate of drug-likeness (QED) is 0.401. The molecular formula is C20H22N4OS. The van der Waals surface area contributed by atoms with E-state index in [4.69, 9.17) is 4.42 Å². The molecule has 1 aromatic carbocycles. The van der Waals surface area contributed by atoms with Gasteiger partial charge in [-0.05, 0) is 44.0 Å². The summed E-state index contributed by atoms with van der Waals surface area (Å²) < 4.78 is 7.14. The van der Waals surface area contributed by atoms with Crippen molar-refractivity contribution in [3.8, 4) is 10.8 Å². The van der Waals surface area contributed by atoms with Crippen molar-refractivity contribution in [1.29, 1.82) is 0 Å². The van der Waals surface area contributed by atoms with Gasteiger partial charge in [0.25, 0.3) is 0 Å². The minimum Gasteiger partial charge on any atom is -0.457 e. The van der Waals surface area contributed by atoms with Crippen molar-refractivity contribution in [3.63, 3.8) is 0 Å². The Morgan fingerprint density at radius 3 is 2.88 bits per heavy atom. The van der Waals surface area contributed by atoms with Crippen LogP contribution in [0, 0.1) is 0 Å². The Labute approximate surface area is 156 Å². The average Bonchev–Trinajstić information content (AvgIpc) is 3.39. The van der Waals surface area contributed by atoms with E-state index in [1.807, 2.05) is 30.3 Å². The molecule has 0 saturated carbocycles. The van der Waals surface area contributed by atoms with Crippen molar-refractivity contribution in [2.45, 2.75) is 32.4 Å². The molecule has 0 bridgehead atoms. The summed E-state index contributed by atoms with van der Waals surface area (Å²) in [7, 11) is 0. The predicted molar refractivity (Wildman–Crippen MR) is 107 cm³/mol. The van der Waals surface area contributed by atoms with Crippen molar-refractivity contribution in [3.05, 3.63) is 54.3 Å². The number of furan rings is 1. The first-order chi connectivity index (χ1) is 12.8. The van der Waals surface area contributed by atoms with Gasteiger partial charge in [0.1, 0.15) is 12.3 Å². The molecule has 4 rings (SSSR count). The number of benzene rings is 1. The van der Waals surface area contributed by atoms with Crippen LogP contribution in [0.3, 0.4) is 0 Å². The van der Waals surface area contributed by atoms with E-state index in [0.29, 0.717) is 12.6 Å². The largest absolute Gasteiger partial charge is 0.457 e. The Kier molecular flexibility index (Phi) is 5.02. The Hall–Kier alpha value is -2.60. The molecule has 0 spiro atoms. The molecule has 0 fully saturated rings. The molecule has 26 heavy (non-hydrogen) atoms. The Morgan fingerprint density at radius 2 is 2.08 bits per heavy atom. The highest BCUT2D eigenvalue weighted by molar-refractivity contribution is 7.21. The minimum absolute atomic E-state index is 0.433. The van der Waals surface area contributed by atoms with Crippen LogP contribution >= 0.6 is 11.3 Å². The minimum atomic E-state index is 0.433. The zero-order valence-electron chi connectivity index (χ0n) is 14.7. The van der Waals surface area contributed by atoms with Gasteiger partial charge >= 0.3 is 0 Å². The summed E-state index contributed by atoms with van der Waals surface area (Å²) in [5, 5.41) is 7.67. The highest BCUT2D eigenvalue weighted by Crippen LogP contribution is 2.31. The predicted octanol–water partition coefficient (Wildman–Crippen LogP) is 4.33. The monoisotopic (exact) mass is 366 g/mol. The number of aliphatic imine (C=N–C) groups is 1. The topological polar surface area (TPSA) is 62.5 Å². The number of fused-ring (bicyclic) bond motifs is 1. The smallest absolute Gasteiger partial charge is 0.191 e. The third-order valence-corrected chi connectivity index (χ3v) is 5.30. The van der Waals surface area contributed by atoms with Gasteiger partial charge in [-0.2, -0.15) is 0 Å². The maximum Gasteiger partial charge on any atom is 0.191 e. The standard InChI is InChI=1S/C20H22N4OS/c1-2-21-20(23-14-7-3-4-8-14)22-13-15-11-12-17(25-15)19-24-16-9-5-6-10-18(16)26-19/h3-6,9-12,14H,2,7-8,13H2,1H3,(H2,21,22,23). The lowest BCUT2D eigenvalue weighted by molar-refractivity contribution is 0.523. The molecule has 0 aliphatic heterocycles. The fourth-order valence-electron chi connectivity index (χ4n) is 2.96. The zero-order chi connectivity index (χ0) is 17.8. The maximum absolute atomic E-state index is 5.97. The van der Waals surface area contributed by atoms with Crippen LogP contribution in [-0.2, 0) is 6.54 Å². The number of rotatable bonds is 5. The lowest BCUT2D eigenvalue weighted by atomic mass is 10.2. The van der Waals surface area contributed by atoms with E-state index in [1.165, 1.54) is 4.70 Å². The summed E-state index contributed by atoms with van der Waals surface area (Å²) in [5.41, 5.74) is 1.01. The van der Waals surface area contributed by atoms with Crippen LogP contribution in [0.25, 0.3) is 21.0 Å². The van der Waals surface area contributed by atoms with Crippen LogP contribution in [-0.4, -0.2) is 23.5 Å². The molecule has 0 saturated heterocycles. The van der Waals surface area contributed by atoms with Crippen LogP contribution in [0.1, 0.15) is 25.5 Å². The zero-order valence-corrected chi connectivity index (χ0v) is 15.6. The number of para-hydroxylation sites is 1. The number of hydrogen-bond donors (Lipinski definition) is 2. The number of nitrogens with one attached hydrogen (secondary N) is 2. The third kappa shape index (κ3) is 3.80. The van der Waals surface area contributed by atoms with Gasteiger partial charge in [-0.1, -0.05) is 24.3 Å². The van der Waals surface area contributed by atoms with Crippen LogP contribution in [0.2, 0.25) is 0 Å². The fourth-order valence-corrected chi connectivity index (χ4v) is 3.89. The van der Waals surface area contributed by atoms with E-state index in [-0.39, 0.29) is 0 Å². The van der Waals surface area contributed by atoms with Crippen LogP contribution in [0.5, 0.6) is 0 Å². The van der Waals surface area contributed by atoms with Gasteiger partial charge in [0.15, 0.2) is 16.7 Å². The maximum atomic E-state index is 5.97. The fraction of sp³-hybridized carbons (Fsp3) is 0.300. The molecular weight excluding hydrogens is 344 g/mol. The van der Waals surface area contributed by atoms with Gasteiger partial charge in [-0.25, -0.2) is 9.98 Å². The second-order valence-electron chi connectivity index (χ2n) is 6.23. The molecule has 2 N–H and O–H groups in total. The van der Waals surface area contributed by atoms with E-state index in [0.717, 1.165) is 47.4 Å². The van der Waals surface area contributed by atoms with E-state index >= 15 is 0 Å². The summed E-state index contributed by atoms with van der Waals surface area (Å²) in [6.07, 6.45) is 6.51. The lowest BCUT2D eigenvalue weighted by Gasteiger charge is -2.16. The summed E-state index contributed by atoms with van der Waals surface area (Å²) >= 11 is 1.65. The Bertz CT molecular complexity index is 899. The lowest BCUT2D eigenvalue weighted by Crippen LogP contribution is -2.42. The molecule has 0 radical (unpaired) electrons. The SMILES string of the molecule is CCNC(=NCc1ccc(-c2nc3ccccc3s2)o1)NC1CC=CC1. The van der Waals surface area contributed by atoms with Gasteiger partial charge in [-0.15, -0.1) is 11.3 Å². The van der Waals surface area contributed by atoms with Gasteiger partial charge < -0.3 is 15.1 Å². The Balaban J connectivity index is 1.46. The second-order valence-corrected chi connectivity index (χ2v) is 7.26. The molecule has 3 aromatic rings. The molecule has 0 amide bonds. The van der Waals surface area contributed by atoms with Gasteiger partial charge in [0.2, 0.25) is 0 Å². The van der Waals surface area contributed by atoms with E-state index in [2.05, 4.69) is 45.8 Å². The molecule has 6 heteroatoms. The average molecular weight is 366 g/mol. The number of hydrogen-bond acceptors (Lipinski definition) is 4. The molecule has 5 nitrogen and oxygen atoms in total. The van der Waals surface area contributed by atoms with Crippen LogP contribution in [0.15, 0.2) is 58.0 Å². The highest BCUT2D eigenvalue weighted by atomic mass is 32.1. The van der Waals surface area contributed by atoms with E-state index in [1.54, 1.807) is 11.3 Å². The normalized spacial score (nSPS) is 15.0. The van der Waals surface area contributed by atoms with E-state index < -0.39 is 0 Å². The Morgan fingerprint density at radius 1 is 1.23 bits per heavy atom. The summed E-state index contributed by atoms with van der Waals surface area (Å²) in [5.74, 6) is 2.47. The van der Waals surface area contributed by atoms with Gasteiger partial charge in [-0.3, -0.25) is 0 Å².